The van der Waals surface area contributed by atoms with Crippen LogP contribution in [0.2, 0.25) is 0 Å². The maximum Gasteiger partial charge on any atom is 0.407 e. The van der Waals surface area contributed by atoms with Gasteiger partial charge in [0.15, 0.2) is 0 Å². The summed E-state index contributed by atoms with van der Waals surface area (Å²) >= 11 is 5.19. The van der Waals surface area contributed by atoms with Crippen LogP contribution >= 0.6 is 27.3 Å². The molecule has 0 aliphatic heterocycles. The van der Waals surface area contributed by atoms with Crippen LogP contribution in [0.5, 0.6) is 0 Å². The normalized spacial score (nSPS) is 13.2. The number of hydrogen-bond donors (Lipinski definition) is 2. The first kappa shape index (κ1) is 16.5. The molecule has 1 atom stereocenters. The topological polar surface area (TPSA) is 64.3 Å². The van der Waals surface area contributed by atoms with Gasteiger partial charge in [-0.1, -0.05) is 0 Å². The number of halogens is 1. The predicted molar refractivity (Wildman–Crippen MR) is 82.7 cm³/mol. The Morgan fingerprint density at radius 2 is 2.21 bits per heavy atom. The van der Waals surface area contributed by atoms with Crippen molar-refractivity contribution in [3.8, 4) is 0 Å². The lowest BCUT2D eigenvalue weighted by molar-refractivity contribution is 0.0506. The number of nitrogens with two attached hydrogens (primary N) is 1. The zero-order chi connectivity index (χ0) is 14.6. The Kier molecular flexibility index (Phi) is 5.82. The first-order valence-corrected chi connectivity index (χ1v) is 7.76. The van der Waals surface area contributed by atoms with Gasteiger partial charge >= 0.3 is 6.09 Å². The summed E-state index contributed by atoms with van der Waals surface area (Å²) in [5, 5.41) is 2.81. The fraction of sp³-hybridized carbons (Fsp3) is 0.615. The van der Waals surface area contributed by atoms with E-state index in [1.54, 1.807) is 11.3 Å². The third kappa shape index (κ3) is 5.93. The van der Waals surface area contributed by atoms with Gasteiger partial charge in [0.2, 0.25) is 0 Å². The average molecular weight is 349 g/mol. The Morgan fingerprint density at radius 1 is 1.58 bits per heavy atom. The van der Waals surface area contributed by atoms with Crippen molar-refractivity contribution >= 4 is 33.4 Å². The molecule has 0 saturated heterocycles. The summed E-state index contributed by atoms with van der Waals surface area (Å²) in [7, 11) is 0. The molecule has 19 heavy (non-hydrogen) atoms. The summed E-state index contributed by atoms with van der Waals surface area (Å²) in [4.78, 5) is 14.1. The molecule has 1 rings (SSSR count). The number of rotatable bonds is 4. The van der Waals surface area contributed by atoms with Gasteiger partial charge in [-0.15, -0.1) is 11.3 Å². The molecule has 1 amide bonds. The average Bonchev–Trinajstić information content (AvgIpc) is 2.54. The van der Waals surface area contributed by atoms with Crippen molar-refractivity contribution in [2.75, 3.05) is 6.54 Å². The molecular formula is C13H21BrN2O2S. The monoisotopic (exact) mass is 348 g/mol. The van der Waals surface area contributed by atoms with Crippen LogP contribution < -0.4 is 11.1 Å². The smallest absolute Gasteiger partial charge is 0.407 e. The molecule has 1 aromatic heterocycles. The van der Waals surface area contributed by atoms with E-state index >= 15 is 0 Å². The summed E-state index contributed by atoms with van der Waals surface area (Å²) in [5.74, 6) is 0. The minimum atomic E-state index is -0.494. The second kappa shape index (κ2) is 6.72. The molecule has 108 valence electrons. The second-order valence-electron chi connectivity index (χ2n) is 5.40. The molecule has 1 unspecified atom stereocenters. The largest absolute Gasteiger partial charge is 0.444 e. The maximum atomic E-state index is 11.7. The number of ether oxygens (including phenoxy) is 1. The van der Waals surface area contributed by atoms with Crippen LogP contribution in [0.3, 0.4) is 0 Å². The zero-order valence-electron chi connectivity index (χ0n) is 11.7. The van der Waals surface area contributed by atoms with E-state index < -0.39 is 11.7 Å². The SMILES string of the molecule is Cc1sc(CC(CN)NC(=O)OC(C)(C)C)cc1Br. The van der Waals surface area contributed by atoms with Crippen molar-refractivity contribution in [1.82, 2.24) is 5.32 Å². The quantitative estimate of drug-likeness (QED) is 0.877. The molecule has 0 radical (unpaired) electrons. The van der Waals surface area contributed by atoms with E-state index in [9.17, 15) is 4.79 Å². The van der Waals surface area contributed by atoms with Gasteiger partial charge in [0.25, 0.3) is 0 Å². The molecule has 0 saturated carbocycles. The van der Waals surface area contributed by atoms with Crippen LogP contribution in [0, 0.1) is 6.92 Å². The number of thiophene rings is 1. The van der Waals surface area contributed by atoms with E-state index in [2.05, 4.69) is 34.2 Å². The molecule has 0 bridgehead atoms. The molecular weight excluding hydrogens is 328 g/mol. The Morgan fingerprint density at radius 3 is 2.63 bits per heavy atom. The minimum absolute atomic E-state index is 0.111. The Balaban J connectivity index is 2.57. The highest BCUT2D eigenvalue weighted by Crippen LogP contribution is 2.27. The van der Waals surface area contributed by atoms with Gasteiger partial charge in [0.05, 0.1) is 0 Å². The molecule has 3 N–H and O–H groups in total. The van der Waals surface area contributed by atoms with E-state index in [0.717, 1.165) is 4.47 Å². The van der Waals surface area contributed by atoms with Crippen molar-refractivity contribution in [3.63, 3.8) is 0 Å². The van der Waals surface area contributed by atoms with Crippen LogP contribution in [-0.2, 0) is 11.2 Å². The van der Waals surface area contributed by atoms with Crippen LogP contribution in [0.15, 0.2) is 10.5 Å². The van der Waals surface area contributed by atoms with Gasteiger partial charge in [-0.05, 0) is 49.7 Å². The van der Waals surface area contributed by atoms with Gasteiger partial charge in [-0.3, -0.25) is 0 Å². The summed E-state index contributed by atoms with van der Waals surface area (Å²) in [5.41, 5.74) is 5.21. The van der Waals surface area contributed by atoms with Crippen molar-refractivity contribution in [2.24, 2.45) is 5.73 Å². The Bertz CT molecular complexity index is 421. The molecule has 4 nitrogen and oxygen atoms in total. The lowest BCUT2D eigenvalue weighted by Gasteiger charge is -2.22. The summed E-state index contributed by atoms with van der Waals surface area (Å²) in [6, 6.07) is 1.96. The highest BCUT2D eigenvalue weighted by Gasteiger charge is 2.19. The highest BCUT2D eigenvalue weighted by atomic mass is 79.9. The fourth-order valence-electron chi connectivity index (χ4n) is 1.53. The van der Waals surface area contributed by atoms with Crippen LogP contribution in [-0.4, -0.2) is 24.3 Å². The molecule has 0 aliphatic rings. The highest BCUT2D eigenvalue weighted by molar-refractivity contribution is 9.10. The number of aryl methyl sites for hydroxylation is 1. The van der Waals surface area contributed by atoms with E-state index in [4.69, 9.17) is 10.5 Å². The molecule has 0 fully saturated rings. The molecule has 1 aromatic rings. The first-order valence-electron chi connectivity index (χ1n) is 6.15. The van der Waals surface area contributed by atoms with Crippen molar-refractivity contribution in [3.05, 3.63) is 20.3 Å². The van der Waals surface area contributed by atoms with Gasteiger partial charge in [0, 0.05) is 33.2 Å². The fourth-order valence-corrected chi connectivity index (χ4v) is 3.21. The van der Waals surface area contributed by atoms with Gasteiger partial charge in [0.1, 0.15) is 5.60 Å². The number of amides is 1. The number of carbonyl (C=O) groups excluding carboxylic acids is 1. The Labute approximate surface area is 126 Å². The lowest BCUT2D eigenvalue weighted by atomic mass is 10.2. The molecule has 0 aromatic carbocycles. The third-order valence-electron chi connectivity index (χ3n) is 2.36. The van der Waals surface area contributed by atoms with Gasteiger partial charge in [-0.25, -0.2) is 4.79 Å². The standard InChI is InChI=1S/C13H21BrN2O2S/c1-8-11(14)6-10(19-8)5-9(7-15)16-12(17)18-13(2,3)4/h6,9H,5,7,15H2,1-4H3,(H,16,17). The van der Waals surface area contributed by atoms with E-state index in [-0.39, 0.29) is 6.04 Å². The maximum absolute atomic E-state index is 11.7. The zero-order valence-corrected chi connectivity index (χ0v) is 14.2. The van der Waals surface area contributed by atoms with Crippen LogP contribution in [0.1, 0.15) is 30.5 Å². The summed E-state index contributed by atoms with van der Waals surface area (Å²) in [6.07, 6.45) is 0.294. The number of hydrogen-bond acceptors (Lipinski definition) is 4. The van der Waals surface area contributed by atoms with E-state index in [1.807, 2.05) is 20.8 Å². The predicted octanol–water partition coefficient (Wildman–Crippen LogP) is 3.21. The molecule has 6 heteroatoms. The second-order valence-corrected chi connectivity index (χ2v) is 7.60. The van der Waals surface area contributed by atoms with Crippen molar-refractivity contribution in [2.45, 2.75) is 45.8 Å². The lowest BCUT2D eigenvalue weighted by Crippen LogP contribution is -2.44. The molecule has 0 aliphatic carbocycles. The summed E-state index contributed by atoms with van der Waals surface area (Å²) in [6.45, 7) is 7.95. The van der Waals surface area contributed by atoms with E-state index in [0.29, 0.717) is 13.0 Å². The van der Waals surface area contributed by atoms with Crippen molar-refractivity contribution in [1.29, 1.82) is 0 Å². The van der Waals surface area contributed by atoms with Gasteiger partial charge in [-0.2, -0.15) is 0 Å². The Hall–Kier alpha value is -0.590. The van der Waals surface area contributed by atoms with Crippen LogP contribution in [0.25, 0.3) is 0 Å². The molecule has 0 spiro atoms. The molecule has 1 heterocycles. The summed E-state index contributed by atoms with van der Waals surface area (Å²) < 4.78 is 6.32. The van der Waals surface area contributed by atoms with E-state index in [1.165, 1.54) is 9.75 Å². The minimum Gasteiger partial charge on any atom is -0.444 e. The van der Waals surface area contributed by atoms with Crippen molar-refractivity contribution < 1.29 is 9.53 Å². The van der Waals surface area contributed by atoms with Crippen LogP contribution in [0.4, 0.5) is 4.79 Å². The third-order valence-corrected chi connectivity index (χ3v) is 4.52. The van der Waals surface area contributed by atoms with Gasteiger partial charge < -0.3 is 15.8 Å². The first-order chi connectivity index (χ1) is 8.71. The number of carbonyl (C=O) groups is 1. The number of alkyl carbamates (subject to hydrolysis) is 1. The number of nitrogens with one attached hydrogen (secondary N) is 1.